The van der Waals surface area contributed by atoms with E-state index in [0.29, 0.717) is 30.0 Å². The largest absolute Gasteiger partial charge is 0.455 e. The summed E-state index contributed by atoms with van der Waals surface area (Å²) < 4.78 is 29.8. The molecule has 0 spiro atoms. The molecule has 6 nitrogen and oxygen atoms in total. The Morgan fingerprint density at radius 2 is 1.76 bits per heavy atom. The lowest BCUT2D eigenvalue weighted by atomic mass is 9.69. The molecule has 0 aromatic heterocycles. The molecule has 1 aliphatic carbocycles. The van der Waals surface area contributed by atoms with Crippen LogP contribution in [0.25, 0.3) is 0 Å². The van der Waals surface area contributed by atoms with Crippen molar-refractivity contribution in [2.45, 2.75) is 50.0 Å². The predicted octanol–water partition coefficient (Wildman–Crippen LogP) is 4.31. The number of esters is 1. The first-order valence-electron chi connectivity index (χ1n) is 11.3. The zero-order valence-corrected chi connectivity index (χ0v) is 20.0. The van der Waals surface area contributed by atoms with Crippen molar-refractivity contribution in [3.63, 3.8) is 0 Å². The fourth-order valence-electron chi connectivity index (χ4n) is 5.01. The van der Waals surface area contributed by atoms with Crippen molar-refractivity contribution in [1.29, 1.82) is 0 Å². The van der Waals surface area contributed by atoms with Crippen LogP contribution in [0, 0.1) is 0 Å². The second kappa shape index (κ2) is 9.85. The molecule has 2 aromatic carbocycles. The predicted molar refractivity (Wildman–Crippen MR) is 128 cm³/mol. The van der Waals surface area contributed by atoms with E-state index in [-0.39, 0.29) is 11.5 Å². The molecule has 8 heteroatoms. The van der Waals surface area contributed by atoms with E-state index in [0.717, 1.165) is 24.8 Å². The van der Waals surface area contributed by atoms with E-state index in [1.165, 1.54) is 4.90 Å². The highest BCUT2D eigenvalue weighted by Gasteiger charge is 2.43. The van der Waals surface area contributed by atoms with Crippen LogP contribution in [0.3, 0.4) is 0 Å². The Morgan fingerprint density at radius 1 is 1.03 bits per heavy atom. The topological polar surface area (TPSA) is 80.8 Å². The van der Waals surface area contributed by atoms with Crippen molar-refractivity contribution in [2.75, 3.05) is 23.0 Å². The Hall–Kier alpha value is -2.38. The van der Waals surface area contributed by atoms with Gasteiger partial charge in [-0.25, -0.2) is 8.42 Å². The number of halogens is 1. The molecule has 0 bridgehead atoms. The van der Waals surface area contributed by atoms with Gasteiger partial charge in [-0.3, -0.25) is 9.59 Å². The van der Waals surface area contributed by atoms with Crippen molar-refractivity contribution in [3.05, 3.63) is 65.2 Å². The van der Waals surface area contributed by atoms with E-state index < -0.39 is 39.8 Å². The number of rotatable bonds is 6. The smallest absolute Gasteiger partial charge is 0.317 e. The van der Waals surface area contributed by atoms with Crippen LogP contribution in [0.5, 0.6) is 0 Å². The van der Waals surface area contributed by atoms with Gasteiger partial charge in [0.1, 0.15) is 0 Å². The van der Waals surface area contributed by atoms with E-state index in [4.69, 9.17) is 16.3 Å². The Kier molecular flexibility index (Phi) is 7.10. The zero-order chi connectivity index (χ0) is 23.5. The lowest BCUT2D eigenvalue weighted by molar-refractivity contribution is -0.155. The Balaban J connectivity index is 1.54. The molecular weight excluding hydrogens is 462 g/mol. The summed E-state index contributed by atoms with van der Waals surface area (Å²) in [5, 5.41) is 0.555. The molecule has 1 saturated carbocycles. The number of amides is 1. The van der Waals surface area contributed by atoms with Gasteiger partial charge in [-0.05, 0) is 49.1 Å². The van der Waals surface area contributed by atoms with Crippen LogP contribution in [0.1, 0.15) is 44.1 Å². The van der Waals surface area contributed by atoms with Crippen LogP contribution in [-0.2, 0) is 29.6 Å². The number of hydrogen-bond donors (Lipinski definition) is 0. The summed E-state index contributed by atoms with van der Waals surface area (Å²) in [5.74, 6) is -0.890. The van der Waals surface area contributed by atoms with Gasteiger partial charge in [0.25, 0.3) is 5.91 Å². The van der Waals surface area contributed by atoms with Crippen molar-refractivity contribution in [3.8, 4) is 0 Å². The number of carbonyl (C=O) groups is 2. The van der Waals surface area contributed by atoms with Gasteiger partial charge in [0.05, 0.1) is 23.0 Å². The first kappa shape index (κ1) is 23.8. The molecule has 2 fully saturated rings. The van der Waals surface area contributed by atoms with Gasteiger partial charge in [-0.1, -0.05) is 61.2 Å². The maximum atomic E-state index is 13.4. The summed E-state index contributed by atoms with van der Waals surface area (Å²) in [5.41, 5.74) is 0.592. The lowest BCUT2D eigenvalue weighted by Gasteiger charge is -2.36. The summed E-state index contributed by atoms with van der Waals surface area (Å²) in [4.78, 5) is 28.1. The number of carbonyl (C=O) groups excluding carboxylic acids is 2. The average molecular weight is 490 g/mol. The Bertz CT molecular complexity index is 1110. The molecule has 0 unspecified atom stereocenters. The molecule has 1 aliphatic heterocycles. The maximum absolute atomic E-state index is 13.4. The van der Waals surface area contributed by atoms with E-state index in [1.54, 1.807) is 36.4 Å². The van der Waals surface area contributed by atoms with Crippen LogP contribution >= 0.6 is 11.6 Å². The minimum absolute atomic E-state index is 0.0476. The number of ether oxygens (including phenoxy) is 1. The number of hydrogen-bond acceptors (Lipinski definition) is 5. The van der Waals surface area contributed by atoms with E-state index >= 15 is 0 Å². The molecule has 0 N–H and O–H groups in total. The molecule has 2 aliphatic rings. The van der Waals surface area contributed by atoms with Crippen molar-refractivity contribution < 1.29 is 22.7 Å². The number of benzene rings is 2. The van der Waals surface area contributed by atoms with Gasteiger partial charge in [-0.2, -0.15) is 0 Å². The third-order valence-electron chi connectivity index (χ3n) is 6.68. The molecule has 1 amide bonds. The second-order valence-electron chi connectivity index (χ2n) is 8.89. The first-order chi connectivity index (χ1) is 15.8. The molecule has 2 aromatic rings. The van der Waals surface area contributed by atoms with Gasteiger partial charge in [-0.15, -0.1) is 0 Å². The molecule has 1 heterocycles. The summed E-state index contributed by atoms with van der Waals surface area (Å²) >= 11 is 6.20. The summed E-state index contributed by atoms with van der Waals surface area (Å²) in [6, 6.07) is 15.8. The third-order valence-corrected chi connectivity index (χ3v) is 8.66. The summed E-state index contributed by atoms with van der Waals surface area (Å²) in [6.07, 6.45) is 4.49. The highest BCUT2D eigenvalue weighted by Crippen LogP contribution is 2.41. The SMILES string of the molecule is O=C(COC(=O)C1(c2cccc(Cl)c2)CCCCC1)N(c1ccccc1)[C@@H]1CCS(=O)(=O)C1. The van der Waals surface area contributed by atoms with Crippen LogP contribution in [0.2, 0.25) is 5.02 Å². The molecule has 176 valence electrons. The summed E-state index contributed by atoms with van der Waals surface area (Å²) in [6.45, 7) is -0.438. The van der Waals surface area contributed by atoms with Crippen LogP contribution in [-0.4, -0.2) is 44.4 Å². The molecule has 33 heavy (non-hydrogen) atoms. The highest BCUT2D eigenvalue weighted by molar-refractivity contribution is 7.91. The van der Waals surface area contributed by atoms with Crippen molar-refractivity contribution >= 4 is 39.0 Å². The highest BCUT2D eigenvalue weighted by atomic mass is 35.5. The Labute approximate surface area is 199 Å². The van der Waals surface area contributed by atoms with Crippen molar-refractivity contribution in [2.24, 2.45) is 0 Å². The minimum Gasteiger partial charge on any atom is -0.455 e. The number of para-hydroxylation sites is 1. The molecular formula is C25H28ClNO5S. The minimum atomic E-state index is -3.19. The molecule has 1 atom stereocenters. The average Bonchev–Trinajstić information content (AvgIpc) is 3.17. The number of nitrogens with zero attached hydrogens (tertiary/aromatic N) is 1. The number of sulfone groups is 1. The Morgan fingerprint density at radius 3 is 2.39 bits per heavy atom. The van der Waals surface area contributed by atoms with E-state index in [1.807, 2.05) is 18.2 Å². The normalized spacial score (nSPS) is 21.3. The van der Waals surface area contributed by atoms with Gasteiger partial charge in [0.15, 0.2) is 16.4 Å². The molecule has 4 rings (SSSR count). The van der Waals surface area contributed by atoms with Crippen molar-refractivity contribution in [1.82, 2.24) is 0 Å². The standard InChI is InChI=1S/C25H28ClNO5S/c26-20-9-7-8-19(16-20)25(13-5-2-6-14-25)24(29)32-17-23(28)27(21-10-3-1-4-11-21)22-12-15-33(30,31)18-22/h1,3-4,7-11,16,22H,2,5-6,12-15,17-18H2/t22-/m1/s1. The van der Waals surface area contributed by atoms with Gasteiger partial charge < -0.3 is 9.64 Å². The van der Waals surface area contributed by atoms with Gasteiger partial charge in [0.2, 0.25) is 0 Å². The molecule has 1 saturated heterocycles. The maximum Gasteiger partial charge on any atom is 0.317 e. The molecule has 0 radical (unpaired) electrons. The fraction of sp³-hybridized carbons (Fsp3) is 0.440. The van der Waals surface area contributed by atoms with Crippen LogP contribution in [0.15, 0.2) is 54.6 Å². The van der Waals surface area contributed by atoms with Crippen LogP contribution in [0.4, 0.5) is 5.69 Å². The second-order valence-corrected chi connectivity index (χ2v) is 11.6. The van der Waals surface area contributed by atoms with E-state index in [2.05, 4.69) is 0 Å². The van der Waals surface area contributed by atoms with Gasteiger partial charge >= 0.3 is 5.97 Å². The first-order valence-corrected chi connectivity index (χ1v) is 13.5. The van der Waals surface area contributed by atoms with E-state index in [9.17, 15) is 18.0 Å². The quantitative estimate of drug-likeness (QED) is 0.565. The fourth-order valence-corrected chi connectivity index (χ4v) is 6.90. The monoisotopic (exact) mass is 489 g/mol. The summed E-state index contributed by atoms with van der Waals surface area (Å²) in [7, 11) is -3.19. The third kappa shape index (κ3) is 5.25. The van der Waals surface area contributed by atoms with Gasteiger partial charge in [0, 0.05) is 10.7 Å². The zero-order valence-electron chi connectivity index (χ0n) is 18.4. The van der Waals surface area contributed by atoms with Crippen LogP contribution < -0.4 is 4.90 Å². The number of anilines is 1. The lowest BCUT2D eigenvalue weighted by Crippen LogP contribution is -2.45.